The summed E-state index contributed by atoms with van der Waals surface area (Å²) < 4.78 is 13.9. The highest BCUT2D eigenvalue weighted by Crippen LogP contribution is 2.24. The van der Waals surface area contributed by atoms with Crippen molar-refractivity contribution in [1.82, 2.24) is 4.98 Å². The Balaban J connectivity index is 2.04. The standard InChI is InChI=1S/C16H11FN2O2/c17-12-6-3-5-11(16(20)21)15(12)19-14-9-8-10-4-1-2-7-13(10)18-14/h1-9H,(H,18,19)(H,20,21). The molecule has 5 heteroatoms. The van der Waals surface area contributed by atoms with Crippen molar-refractivity contribution < 1.29 is 14.3 Å². The number of anilines is 2. The van der Waals surface area contributed by atoms with Crippen LogP contribution < -0.4 is 5.32 Å². The van der Waals surface area contributed by atoms with E-state index in [0.717, 1.165) is 10.9 Å². The Hall–Kier alpha value is -2.95. The summed E-state index contributed by atoms with van der Waals surface area (Å²) in [5, 5.41) is 12.8. The van der Waals surface area contributed by atoms with Crippen LogP contribution in [0.3, 0.4) is 0 Å². The summed E-state index contributed by atoms with van der Waals surface area (Å²) >= 11 is 0. The first-order valence-electron chi connectivity index (χ1n) is 6.30. The first kappa shape index (κ1) is 13.1. The number of aromatic carboxylic acids is 1. The maximum absolute atomic E-state index is 13.9. The predicted octanol–water partition coefficient (Wildman–Crippen LogP) is 3.82. The van der Waals surface area contributed by atoms with E-state index in [-0.39, 0.29) is 11.3 Å². The van der Waals surface area contributed by atoms with E-state index >= 15 is 0 Å². The van der Waals surface area contributed by atoms with Gasteiger partial charge in [-0.15, -0.1) is 0 Å². The molecule has 104 valence electrons. The van der Waals surface area contributed by atoms with E-state index < -0.39 is 11.8 Å². The quantitative estimate of drug-likeness (QED) is 0.766. The van der Waals surface area contributed by atoms with E-state index in [1.54, 1.807) is 6.07 Å². The SMILES string of the molecule is O=C(O)c1cccc(F)c1Nc1ccc2ccccc2n1. The Morgan fingerprint density at radius 1 is 1.05 bits per heavy atom. The van der Waals surface area contributed by atoms with Gasteiger partial charge in [0.05, 0.1) is 16.8 Å². The molecule has 0 saturated heterocycles. The van der Waals surface area contributed by atoms with Gasteiger partial charge in [0.15, 0.2) is 0 Å². The largest absolute Gasteiger partial charge is 0.478 e. The molecule has 0 aliphatic heterocycles. The number of benzene rings is 2. The van der Waals surface area contributed by atoms with Gasteiger partial charge in [0.25, 0.3) is 0 Å². The molecule has 0 atom stereocenters. The van der Waals surface area contributed by atoms with Gasteiger partial charge >= 0.3 is 5.97 Å². The number of carbonyl (C=O) groups is 1. The van der Waals surface area contributed by atoms with Crippen molar-refractivity contribution in [3.8, 4) is 0 Å². The molecule has 0 radical (unpaired) electrons. The van der Waals surface area contributed by atoms with Gasteiger partial charge in [0.2, 0.25) is 0 Å². The normalized spacial score (nSPS) is 10.5. The van der Waals surface area contributed by atoms with Crippen molar-refractivity contribution in [2.45, 2.75) is 0 Å². The summed E-state index contributed by atoms with van der Waals surface area (Å²) in [5.74, 6) is -1.44. The van der Waals surface area contributed by atoms with Crippen LogP contribution in [0.4, 0.5) is 15.9 Å². The molecule has 1 aromatic heterocycles. The number of nitrogens with one attached hydrogen (secondary N) is 1. The number of nitrogens with zero attached hydrogens (tertiary/aromatic N) is 1. The lowest BCUT2D eigenvalue weighted by Crippen LogP contribution is -2.05. The zero-order valence-electron chi connectivity index (χ0n) is 10.9. The van der Waals surface area contributed by atoms with E-state index in [2.05, 4.69) is 10.3 Å². The summed E-state index contributed by atoms with van der Waals surface area (Å²) in [5.41, 5.74) is 0.522. The van der Waals surface area contributed by atoms with Gasteiger partial charge < -0.3 is 10.4 Å². The molecule has 0 spiro atoms. The fraction of sp³-hybridized carbons (Fsp3) is 0. The van der Waals surface area contributed by atoms with Crippen LogP contribution in [0.2, 0.25) is 0 Å². The summed E-state index contributed by atoms with van der Waals surface area (Å²) in [4.78, 5) is 15.5. The van der Waals surface area contributed by atoms with Crippen molar-refractivity contribution in [2.75, 3.05) is 5.32 Å². The molecule has 2 N–H and O–H groups in total. The lowest BCUT2D eigenvalue weighted by Gasteiger charge is -2.10. The zero-order chi connectivity index (χ0) is 14.8. The van der Waals surface area contributed by atoms with Crippen molar-refractivity contribution in [3.63, 3.8) is 0 Å². The summed E-state index contributed by atoms with van der Waals surface area (Å²) in [6.45, 7) is 0. The molecule has 0 fully saturated rings. The minimum Gasteiger partial charge on any atom is -0.478 e. The number of para-hydroxylation sites is 2. The van der Waals surface area contributed by atoms with E-state index in [4.69, 9.17) is 5.11 Å². The van der Waals surface area contributed by atoms with Crippen LogP contribution in [0.25, 0.3) is 10.9 Å². The van der Waals surface area contributed by atoms with E-state index in [9.17, 15) is 9.18 Å². The zero-order valence-corrected chi connectivity index (χ0v) is 10.9. The third-order valence-electron chi connectivity index (χ3n) is 3.10. The lowest BCUT2D eigenvalue weighted by molar-refractivity contribution is 0.0697. The average molecular weight is 282 g/mol. The van der Waals surface area contributed by atoms with Crippen LogP contribution in [0.5, 0.6) is 0 Å². The first-order valence-corrected chi connectivity index (χ1v) is 6.30. The lowest BCUT2D eigenvalue weighted by atomic mass is 10.1. The molecular formula is C16H11FN2O2. The van der Waals surface area contributed by atoms with E-state index in [1.807, 2.05) is 30.3 Å². The highest BCUT2D eigenvalue weighted by molar-refractivity contribution is 5.95. The van der Waals surface area contributed by atoms with Gasteiger partial charge in [-0.2, -0.15) is 0 Å². The van der Waals surface area contributed by atoms with Crippen LogP contribution >= 0.6 is 0 Å². The second kappa shape index (κ2) is 5.20. The summed E-state index contributed by atoms with van der Waals surface area (Å²) in [6.07, 6.45) is 0. The molecule has 3 rings (SSSR count). The Morgan fingerprint density at radius 3 is 2.67 bits per heavy atom. The van der Waals surface area contributed by atoms with Crippen LogP contribution in [-0.4, -0.2) is 16.1 Å². The molecule has 21 heavy (non-hydrogen) atoms. The monoisotopic (exact) mass is 282 g/mol. The fourth-order valence-corrected chi connectivity index (χ4v) is 2.09. The number of pyridine rings is 1. The molecule has 2 aromatic carbocycles. The van der Waals surface area contributed by atoms with Crippen LogP contribution in [0.1, 0.15) is 10.4 Å². The third kappa shape index (κ3) is 2.53. The molecule has 0 amide bonds. The van der Waals surface area contributed by atoms with Gasteiger partial charge in [0.1, 0.15) is 11.6 Å². The number of aromatic nitrogens is 1. The minimum absolute atomic E-state index is 0.0900. The summed E-state index contributed by atoms with van der Waals surface area (Å²) in [6, 6.07) is 14.9. The number of hydrogen-bond acceptors (Lipinski definition) is 3. The number of fused-ring (bicyclic) bond motifs is 1. The molecule has 4 nitrogen and oxygen atoms in total. The Labute approximate surface area is 119 Å². The highest BCUT2D eigenvalue weighted by atomic mass is 19.1. The average Bonchev–Trinajstić information content (AvgIpc) is 2.49. The Bertz CT molecular complexity index is 833. The van der Waals surface area contributed by atoms with Crippen LogP contribution in [-0.2, 0) is 0 Å². The predicted molar refractivity (Wildman–Crippen MR) is 78.4 cm³/mol. The minimum atomic E-state index is -1.20. The Morgan fingerprint density at radius 2 is 1.86 bits per heavy atom. The molecule has 0 aliphatic rings. The topological polar surface area (TPSA) is 62.2 Å². The molecule has 1 heterocycles. The second-order valence-electron chi connectivity index (χ2n) is 4.48. The van der Waals surface area contributed by atoms with Gasteiger partial charge in [-0.3, -0.25) is 0 Å². The van der Waals surface area contributed by atoms with Gasteiger partial charge in [0, 0.05) is 5.39 Å². The summed E-state index contributed by atoms with van der Waals surface area (Å²) in [7, 11) is 0. The molecular weight excluding hydrogens is 271 g/mol. The van der Waals surface area contributed by atoms with Crippen LogP contribution in [0, 0.1) is 5.82 Å². The number of rotatable bonds is 3. The number of hydrogen-bond donors (Lipinski definition) is 2. The van der Waals surface area contributed by atoms with Crippen molar-refractivity contribution in [3.05, 3.63) is 66.0 Å². The maximum atomic E-state index is 13.9. The van der Waals surface area contributed by atoms with Crippen molar-refractivity contribution >= 4 is 28.4 Å². The van der Waals surface area contributed by atoms with Crippen molar-refractivity contribution in [1.29, 1.82) is 0 Å². The first-order chi connectivity index (χ1) is 10.1. The molecule has 0 unspecified atom stereocenters. The number of carboxylic acid groups (broad SMARTS) is 1. The number of carboxylic acids is 1. The highest BCUT2D eigenvalue weighted by Gasteiger charge is 2.14. The molecule has 3 aromatic rings. The van der Waals surface area contributed by atoms with Gasteiger partial charge in [-0.1, -0.05) is 24.3 Å². The van der Waals surface area contributed by atoms with Gasteiger partial charge in [-0.05, 0) is 30.3 Å². The Kier molecular flexibility index (Phi) is 3.23. The van der Waals surface area contributed by atoms with Crippen molar-refractivity contribution in [2.24, 2.45) is 0 Å². The second-order valence-corrected chi connectivity index (χ2v) is 4.48. The van der Waals surface area contributed by atoms with Gasteiger partial charge in [-0.25, -0.2) is 14.2 Å². The molecule has 0 bridgehead atoms. The molecule has 0 aliphatic carbocycles. The smallest absolute Gasteiger partial charge is 0.337 e. The third-order valence-corrected chi connectivity index (χ3v) is 3.10. The van der Waals surface area contributed by atoms with E-state index in [1.165, 1.54) is 18.2 Å². The maximum Gasteiger partial charge on any atom is 0.337 e. The fourth-order valence-electron chi connectivity index (χ4n) is 2.09. The number of halogens is 1. The molecule has 0 saturated carbocycles. The van der Waals surface area contributed by atoms with Crippen LogP contribution in [0.15, 0.2) is 54.6 Å². The van der Waals surface area contributed by atoms with E-state index in [0.29, 0.717) is 5.82 Å².